The van der Waals surface area contributed by atoms with Crippen molar-refractivity contribution in [1.82, 2.24) is 15.1 Å². The molecule has 28 heavy (non-hydrogen) atoms. The second kappa shape index (κ2) is 10.4. The van der Waals surface area contributed by atoms with Crippen LogP contribution in [-0.4, -0.2) is 34.3 Å². The Morgan fingerprint density at radius 2 is 1.96 bits per heavy atom. The number of unbranched alkanes of at least 4 members (excludes halogenated alkanes) is 3. The number of carbonyl (C=O) groups is 2. The highest BCUT2D eigenvalue weighted by molar-refractivity contribution is 6.02. The zero-order chi connectivity index (χ0) is 20.5. The van der Waals surface area contributed by atoms with E-state index >= 15 is 0 Å². The van der Waals surface area contributed by atoms with Gasteiger partial charge in [-0.1, -0.05) is 50.5 Å². The monoisotopic (exact) mass is 385 g/mol. The Hall–Kier alpha value is -2.96. The number of amides is 1. The van der Waals surface area contributed by atoms with Crippen molar-refractivity contribution in [2.45, 2.75) is 52.2 Å². The van der Waals surface area contributed by atoms with Crippen molar-refractivity contribution >= 4 is 22.6 Å². The van der Waals surface area contributed by atoms with Crippen LogP contribution in [-0.2, 0) is 16.1 Å². The molecule has 0 saturated heterocycles. The molecule has 0 fully saturated rings. The molecule has 0 aliphatic carbocycles. The number of carbonyl (C=O) groups excluding carboxylic acids is 2. The number of hydrogen-bond donors (Lipinski definition) is 1. The van der Waals surface area contributed by atoms with Gasteiger partial charge < -0.3 is 10.1 Å². The molecular formula is C21H27N3O4. The average Bonchev–Trinajstić information content (AvgIpc) is 2.70. The third-order valence-electron chi connectivity index (χ3n) is 4.36. The fraction of sp³-hybridized carbons (Fsp3) is 0.429. The normalized spacial score (nSPS) is 11.8. The fourth-order valence-corrected chi connectivity index (χ4v) is 2.81. The van der Waals surface area contributed by atoms with Gasteiger partial charge in [-0.3, -0.25) is 9.59 Å². The first-order chi connectivity index (χ1) is 13.5. The van der Waals surface area contributed by atoms with Gasteiger partial charge in [0.25, 0.3) is 11.5 Å². The highest BCUT2D eigenvalue weighted by Gasteiger charge is 2.23. The lowest BCUT2D eigenvalue weighted by Crippen LogP contribution is -2.36. The van der Waals surface area contributed by atoms with Crippen LogP contribution in [0.1, 0.15) is 50.0 Å². The quantitative estimate of drug-likeness (QED) is 0.386. The molecule has 7 heteroatoms. The average molecular weight is 385 g/mol. The summed E-state index contributed by atoms with van der Waals surface area (Å²) in [5.41, 5.74) is -0.200. The number of aryl methyl sites for hydroxylation is 1. The summed E-state index contributed by atoms with van der Waals surface area (Å²) in [6.45, 7) is 7.83. The lowest BCUT2D eigenvalue weighted by molar-refractivity contribution is -0.128. The number of nitrogens with zero attached hydrogens (tertiary/aromatic N) is 2. The van der Waals surface area contributed by atoms with Gasteiger partial charge in [0.1, 0.15) is 0 Å². The van der Waals surface area contributed by atoms with Gasteiger partial charge >= 0.3 is 5.97 Å². The van der Waals surface area contributed by atoms with Crippen molar-refractivity contribution < 1.29 is 14.3 Å². The summed E-state index contributed by atoms with van der Waals surface area (Å²) >= 11 is 0. The number of nitrogens with one attached hydrogen (secondary N) is 1. The fourth-order valence-electron chi connectivity index (χ4n) is 2.81. The summed E-state index contributed by atoms with van der Waals surface area (Å²) in [7, 11) is 0. The molecule has 2 aromatic rings. The van der Waals surface area contributed by atoms with E-state index in [1.807, 2.05) is 0 Å². The molecule has 0 radical (unpaired) electrons. The van der Waals surface area contributed by atoms with Crippen molar-refractivity contribution in [2.24, 2.45) is 0 Å². The van der Waals surface area contributed by atoms with Crippen molar-refractivity contribution in [2.75, 3.05) is 6.54 Å². The molecule has 150 valence electrons. The maximum atomic E-state index is 12.7. The lowest BCUT2D eigenvalue weighted by Gasteiger charge is -2.14. The van der Waals surface area contributed by atoms with E-state index in [-0.39, 0.29) is 17.8 Å². The van der Waals surface area contributed by atoms with Crippen LogP contribution in [0.5, 0.6) is 0 Å². The van der Waals surface area contributed by atoms with Gasteiger partial charge in [0.2, 0.25) is 0 Å². The summed E-state index contributed by atoms with van der Waals surface area (Å²) in [5.74, 6) is -1.16. The summed E-state index contributed by atoms with van der Waals surface area (Å²) in [6.07, 6.45) is 4.50. The van der Waals surface area contributed by atoms with E-state index in [1.165, 1.54) is 17.7 Å². The number of fused-ring (bicyclic) bond motifs is 1. The number of hydrogen-bond acceptors (Lipinski definition) is 5. The Labute approximate surface area is 164 Å². The van der Waals surface area contributed by atoms with Gasteiger partial charge in [0, 0.05) is 18.5 Å². The minimum absolute atomic E-state index is 0.0362. The summed E-state index contributed by atoms with van der Waals surface area (Å²) < 4.78 is 6.59. The molecule has 0 unspecified atom stereocenters. The van der Waals surface area contributed by atoms with Gasteiger partial charge in [0.15, 0.2) is 11.8 Å². The zero-order valence-electron chi connectivity index (χ0n) is 16.4. The van der Waals surface area contributed by atoms with E-state index in [4.69, 9.17) is 4.74 Å². The minimum atomic E-state index is -0.988. The van der Waals surface area contributed by atoms with Crippen molar-refractivity contribution in [3.8, 4) is 0 Å². The van der Waals surface area contributed by atoms with Crippen LogP contribution >= 0.6 is 0 Å². The summed E-state index contributed by atoms with van der Waals surface area (Å²) in [4.78, 5) is 37.3. The molecule has 1 N–H and O–H groups in total. The van der Waals surface area contributed by atoms with Crippen molar-refractivity contribution in [3.05, 3.63) is 53.0 Å². The molecule has 1 aromatic carbocycles. The van der Waals surface area contributed by atoms with Gasteiger partial charge in [-0.25, -0.2) is 9.48 Å². The van der Waals surface area contributed by atoms with Gasteiger partial charge in [-0.05, 0) is 19.4 Å². The van der Waals surface area contributed by atoms with Crippen LogP contribution in [0, 0.1) is 0 Å². The maximum absolute atomic E-state index is 12.7. The van der Waals surface area contributed by atoms with Gasteiger partial charge in [-0.2, -0.15) is 5.10 Å². The second-order valence-corrected chi connectivity index (χ2v) is 6.56. The first-order valence-corrected chi connectivity index (χ1v) is 9.59. The molecule has 0 aliphatic heterocycles. The largest absolute Gasteiger partial charge is 0.448 e. The van der Waals surface area contributed by atoms with Crippen LogP contribution in [0.3, 0.4) is 0 Å². The molecule has 1 amide bonds. The molecular weight excluding hydrogens is 358 g/mol. The van der Waals surface area contributed by atoms with E-state index in [1.54, 1.807) is 24.3 Å². The van der Waals surface area contributed by atoms with Crippen molar-refractivity contribution in [3.63, 3.8) is 0 Å². The van der Waals surface area contributed by atoms with E-state index in [2.05, 4.69) is 23.9 Å². The lowest BCUT2D eigenvalue weighted by atomic mass is 10.1. The number of benzene rings is 1. The third-order valence-corrected chi connectivity index (χ3v) is 4.36. The summed E-state index contributed by atoms with van der Waals surface area (Å²) in [6, 6.07) is 6.79. The highest BCUT2D eigenvalue weighted by atomic mass is 16.5. The second-order valence-electron chi connectivity index (χ2n) is 6.56. The Kier molecular flexibility index (Phi) is 7.92. The molecule has 1 aromatic heterocycles. The standard InChI is InChI=1S/C21H27N3O4/c1-4-6-7-10-14-24-20(26)17-12-9-8-11-16(17)18(23-24)21(27)28-15(3)19(25)22-13-5-2/h5,8-9,11-12,15H,2,4,6-7,10,13-14H2,1,3H3,(H,22,25)/t15-/m1/s1. The third kappa shape index (κ3) is 5.28. The number of ether oxygens (including phenoxy) is 1. The van der Waals surface area contributed by atoms with E-state index in [9.17, 15) is 14.4 Å². The van der Waals surface area contributed by atoms with Crippen LogP contribution in [0.4, 0.5) is 0 Å². The molecule has 0 saturated carbocycles. The van der Waals surface area contributed by atoms with E-state index in [0.717, 1.165) is 25.7 Å². The van der Waals surface area contributed by atoms with Crippen LogP contribution in [0.2, 0.25) is 0 Å². The van der Waals surface area contributed by atoms with E-state index < -0.39 is 18.0 Å². The number of aromatic nitrogens is 2. The summed E-state index contributed by atoms with van der Waals surface area (Å²) in [5, 5.41) is 7.65. The number of esters is 1. The Morgan fingerprint density at radius 1 is 1.25 bits per heavy atom. The first kappa shape index (κ1) is 21.3. The Balaban J connectivity index is 2.30. The van der Waals surface area contributed by atoms with Crippen LogP contribution in [0.15, 0.2) is 41.7 Å². The predicted octanol–water partition coefficient (Wildman–Crippen LogP) is 2.82. The predicted molar refractivity (Wildman–Crippen MR) is 108 cm³/mol. The highest BCUT2D eigenvalue weighted by Crippen LogP contribution is 2.15. The molecule has 2 rings (SSSR count). The molecule has 1 heterocycles. The smallest absolute Gasteiger partial charge is 0.360 e. The van der Waals surface area contributed by atoms with E-state index in [0.29, 0.717) is 17.3 Å². The van der Waals surface area contributed by atoms with Crippen LogP contribution < -0.4 is 10.9 Å². The minimum Gasteiger partial charge on any atom is -0.448 e. The Bertz CT molecular complexity index is 904. The van der Waals surface area contributed by atoms with Gasteiger partial charge in [0.05, 0.1) is 5.39 Å². The SMILES string of the molecule is C=CCNC(=O)[C@@H](C)OC(=O)c1nn(CCCCCC)c(=O)c2ccccc12. The zero-order valence-corrected chi connectivity index (χ0v) is 16.4. The van der Waals surface area contributed by atoms with Gasteiger partial charge in [-0.15, -0.1) is 6.58 Å². The topological polar surface area (TPSA) is 90.3 Å². The van der Waals surface area contributed by atoms with Crippen LogP contribution in [0.25, 0.3) is 10.8 Å². The number of rotatable bonds is 10. The molecule has 1 atom stereocenters. The molecule has 0 bridgehead atoms. The molecule has 7 nitrogen and oxygen atoms in total. The Morgan fingerprint density at radius 3 is 2.64 bits per heavy atom. The first-order valence-electron chi connectivity index (χ1n) is 9.59. The molecule has 0 spiro atoms. The molecule has 0 aliphatic rings. The van der Waals surface area contributed by atoms with Crippen molar-refractivity contribution in [1.29, 1.82) is 0 Å². The maximum Gasteiger partial charge on any atom is 0.360 e.